The lowest BCUT2D eigenvalue weighted by molar-refractivity contribution is 0.220. The zero-order valence-corrected chi connectivity index (χ0v) is 19.3. The van der Waals surface area contributed by atoms with Gasteiger partial charge >= 0.3 is 16.1 Å². The van der Waals surface area contributed by atoms with E-state index in [2.05, 4.69) is 38.8 Å². The van der Waals surface area contributed by atoms with Crippen molar-refractivity contribution in [3.8, 4) is 5.75 Å². The first-order valence-electron chi connectivity index (χ1n) is 8.87. The van der Waals surface area contributed by atoms with Crippen molar-refractivity contribution >= 4 is 53.7 Å². The maximum atomic E-state index is 12.5. The molecule has 1 heterocycles. The van der Waals surface area contributed by atoms with Crippen molar-refractivity contribution in [1.82, 2.24) is 4.90 Å². The number of unbranched alkanes of at least 4 members (excludes halogenated alkanes) is 1. The second kappa shape index (κ2) is 8.84. The predicted octanol–water partition coefficient (Wildman–Crippen LogP) is 5.02. The van der Waals surface area contributed by atoms with Crippen molar-refractivity contribution in [3.63, 3.8) is 0 Å². The van der Waals surface area contributed by atoms with Gasteiger partial charge in [-0.3, -0.25) is 4.90 Å². The van der Waals surface area contributed by atoms with E-state index in [0.717, 1.165) is 19.4 Å². The lowest BCUT2D eigenvalue weighted by atomic mass is 10.3. The molecule has 28 heavy (non-hydrogen) atoms. The summed E-state index contributed by atoms with van der Waals surface area (Å²) < 4.78 is 31.7. The Morgan fingerprint density at radius 3 is 2.29 bits per heavy atom. The summed E-state index contributed by atoms with van der Waals surface area (Å²) in [6.07, 6.45) is 2.00. The molecule has 0 bridgehead atoms. The van der Waals surface area contributed by atoms with Crippen LogP contribution in [0.5, 0.6) is 5.75 Å². The Morgan fingerprint density at radius 2 is 1.68 bits per heavy atom. The van der Waals surface area contributed by atoms with E-state index in [9.17, 15) is 13.2 Å². The molecular formula is C19H20Br2N2O4S. The van der Waals surface area contributed by atoms with Crippen LogP contribution in [0.1, 0.15) is 19.8 Å². The van der Waals surface area contributed by atoms with Crippen molar-refractivity contribution in [2.24, 2.45) is 0 Å². The second-order valence-electron chi connectivity index (χ2n) is 6.41. The largest absolute Gasteiger partial charge is 0.379 e. The fraction of sp³-hybridized carbons (Fsp3) is 0.316. The van der Waals surface area contributed by atoms with Gasteiger partial charge in [-0.25, -0.2) is 4.79 Å². The first-order chi connectivity index (χ1) is 13.3. The number of carbonyl (C=O) groups is 1. The smallest absolute Gasteiger partial charge is 0.339 e. The Bertz CT molecular complexity index is 944. The topological polar surface area (TPSA) is 66.9 Å². The Morgan fingerprint density at radius 1 is 1.04 bits per heavy atom. The highest BCUT2D eigenvalue weighted by Crippen LogP contribution is 2.28. The van der Waals surface area contributed by atoms with Crippen molar-refractivity contribution < 1.29 is 17.4 Å². The van der Waals surface area contributed by atoms with E-state index in [1.165, 1.54) is 12.1 Å². The normalized spacial score (nSPS) is 14.6. The molecule has 0 saturated carbocycles. The van der Waals surface area contributed by atoms with Crippen LogP contribution in [0.15, 0.2) is 56.3 Å². The Hall–Kier alpha value is -1.58. The summed E-state index contributed by atoms with van der Waals surface area (Å²) in [5, 5.41) is 0. The molecule has 1 aliphatic heterocycles. The lowest BCUT2D eigenvalue weighted by Crippen LogP contribution is -2.32. The van der Waals surface area contributed by atoms with E-state index in [4.69, 9.17) is 4.18 Å². The number of rotatable bonds is 7. The molecule has 2 amide bonds. The van der Waals surface area contributed by atoms with E-state index in [1.54, 1.807) is 35.2 Å². The molecule has 3 rings (SSSR count). The standard InChI is InChI=1S/C19H20Br2N2O4S/c1-2-3-8-22-9-10-23(19(22)24)16-4-6-18(7-5-16)28(25,26)27-17-12-14(20)11-15(21)13-17/h4-7,11-13H,2-3,8-10H2,1H3. The molecule has 150 valence electrons. The van der Waals surface area contributed by atoms with Crippen LogP contribution in [0.25, 0.3) is 0 Å². The van der Waals surface area contributed by atoms with Crippen LogP contribution < -0.4 is 9.08 Å². The van der Waals surface area contributed by atoms with Crippen LogP contribution >= 0.6 is 31.9 Å². The van der Waals surface area contributed by atoms with Gasteiger partial charge in [0.15, 0.2) is 0 Å². The van der Waals surface area contributed by atoms with Crippen molar-refractivity contribution in [1.29, 1.82) is 0 Å². The minimum absolute atomic E-state index is 0.0295. The van der Waals surface area contributed by atoms with Gasteiger partial charge in [-0.1, -0.05) is 45.2 Å². The van der Waals surface area contributed by atoms with Gasteiger partial charge in [-0.05, 0) is 48.9 Å². The number of hydrogen-bond donors (Lipinski definition) is 0. The van der Waals surface area contributed by atoms with Crippen LogP contribution in [-0.4, -0.2) is 39.0 Å². The SMILES string of the molecule is CCCCN1CCN(c2ccc(S(=O)(=O)Oc3cc(Br)cc(Br)c3)cc2)C1=O. The first kappa shape index (κ1) is 21.1. The van der Waals surface area contributed by atoms with Crippen LogP contribution in [0, 0.1) is 0 Å². The molecule has 2 aromatic carbocycles. The van der Waals surface area contributed by atoms with Crippen LogP contribution in [0.2, 0.25) is 0 Å². The Balaban J connectivity index is 1.74. The molecule has 0 spiro atoms. The number of carbonyl (C=O) groups excluding carboxylic acids is 1. The van der Waals surface area contributed by atoms with Crippen molar-refractivity contribution in [2.75, 3.05) is 24.5 Å². The molecule has 9 heteroatoms. The minimum atomic E-state index is -3.98. The maximum absolute atomic E-state index is 12.5. The monoisotopic (exact) mass is 530 g/mol. The molecule has 1 fully saturated rings. The summed E-state index contributed by atoms with van der Waals surface area (Å²) in [4.78, 5) is 16.0. The number of urea groups is 1. The number of amides is 2. The fourth-order valence-electron chi connectivity index (χ4n) is 2.92. The zero-order valence-electron chi connectivity index (χ0n) is 15.3. The van der Waals surface area contributed by atoms with Gasteiger partial charge < -0.3 is 9.08 Å². The molecule has 1 aliphatic rings. The van der Waals surface area contributed by atoms with Crippen LogP contribution in [-0.2, 0) is 10.1 Å². The molecule has 1 saturated heterocycles. The van der Waals surface area contributed by atoms with E-state index in [1.807, 2.05) is 4.90 Å². The number of nitrogens with zero attached hydrogens (tertiary/aromatic N) is 2. The number of halogens is 2. The van der Waals surface area contributed by atoms with Crippen LogP contribution in [0.3, 0.4) is 0 Å². The average molecular weight is 532 g/mol. The third-order valence-corrected chi connectivity index (χ3v) is 6.53. The van der Waals surface area contributed by atoms with Gasteiger partial charge in [0.05, 0.1) is 0 Å². The molecule has 2 aromatic rings. The first-order valence-corrected chi connectivity index (χ1v) is 11.9. The average Bonchev–Trinajstić information content (AvgIpc) is 2.99. The van der Waals surface area contributed by atoms with Gasteiger partial charge in [0.1, 0.15) is 10.6 Å². The summed E-state index contributed by atoms with van der Waals surface area (Å²) in [7, 11) is -3.98. The van der Waals surface area contributed by atoms with E-state index >= 15 is 0 Å². The van der Waals surface area contributed by atoms with E-state index in [0.29, 0.717) is 27.7 Å². The second-order valence-corrected chi connectivity index (χ2v) is 9.79. The van der Waals surface area contributed by atoms with E-state index < -0.39 is 10.1 Å². The molecule has 6 nitrogen and oxygen atoms in total. The van der Waals surface area contributed by atoms with Gasteiger partial charge in [0, 0.05) is 34.3 Å². The molecule has 0 aromatic heterocycles. The third kappa shape index (κ3) is 4.87. The highest BCUT2D eigenvalue weighted by atomic mass is 79.9. The minimum Gasteiger partial charge on any atom is -0.379 e. The van der Waals surface area contributed by atoms with Gasteiger partial charge in [-0.2, -0.15) is 8.42 Å². The number of hydrogen-bond acceptors (Lipinski definition) is 4. The summed E-state index contributed by atoms with van der Waals surface area (Å²) >= 11 is 6.61. The summed E-state index contributed by atoms with van der Waals surface area (Å²) in [6.45, 7) is 4.11. The summed E-state index contributed by atoms with van der Waals surface area (Å²) in [6, 6.07) is 11.1. The molecule has 0 unspecified atom stereocenters. The summed E-state index contributed by atoms with van der Waals surface area (Å²) in [5.41, 5.74) is 0.674. The van der Waals surface area contributed by atoms with Gasteiger partial charge in [-0.15, -0.1) is 0 Å². The van der Waals surface area contributed by atoms with Gasteiger partial charge in [0.2, 0.25) is 0 Å². The predicted molar refractivity (Wildman–Crippen MR) is 115 cm³/mol. The van der Waals surface area contributed by atoms with Crippen LogP contribution in [0.4, 0.5) is 10.5 Å². The molecule has 0 aliphatic carbocycles. The van der Waals surface area contributed by atoms with E-state index in [-0.39, 0.29) is 16.7 Å². The lowest BCUT2D eigenvalue weighted by Gasteiger charge is -2.18. The van der Waals surface area contributed by atoms with Crippen molar-refractivity contribution in [3.05, 3.63) is 51.4 Å². The number of anilines is 1. The highest BCUT2D eigenvalue weighted by molar-refractivity contribution is 9.11. The zero-order chi connectivity index (χ0) is 20.3. The molecule has 0 atom stereocenters. The third-order valence-electron chi connectivity index (χ3n) is 4.36. The number of benzene rings is 2. The van der Waals surface area contributed by atoms with Gasteiger partial charge in [0.25, 0.3) is 0 Å². The Kier molecular flexibility index (Phi) is 6.67. The molecule has 0 N–H and O–H groups in total. The molecular weight excluding hydrogens is 512 g/mol. The Labute approximate surface area is 181 Å². The highest BCUT2D eigenvalue weighted by Gasteiger charge is 2.29. The maximum Gasteiger partial charge on any atom is 0.339 e. The van der Waals surface area contributed by atoms with Crippen molar-refractivity contribution in [2.45, 2.75) is 24.7 Å². The quantitative estimate of drug-likeness (QED) is 0.470. The molecule has 0 radical (unpaired) electrons. The summed E-state index contributed by atoms with van der Waals surface area (Å²) in [5.74, 6) is 0.201. The fourth-order valence-corrected chi connectivity index (χ4v) is 5.09.